The first kappa shape index (κ1) is 15.9. The molecule has 2 amide bonds. The quantitative estimate of drug-likeness (QED) is 0.638. The van der Waals surface area contributed by atoms with Gasteiger partial charge in [0.1, 0.15) is 0 Å². The molecular weight excluding hydrogens is 246 g/mol. The number of likely N-dealkylation sites (N-methyl/N-ethyl adjacent to an activating group) is 1. The molecule has 1 aliphatic rings. The third-order valence-electron chi connectivity index (χ3n) is 2.95. The van der Waals surface area contributed by atoms with Crippen LogP contribution in [0, 0.1) is 5.92 Å². The van der Waals surface area contributed by atoms with Crippen LogP contribution in [-0.2, 0) is 14.3 Å². The first-order valence-corrected chi connectivity index (χ1v) is 6.67. The fourth-order valence-electron chi connectivity index (χ4n) is 2.01. The van der Waals surface area contributed by atoms with Crippen molar-refractivity contribution in [2.75, 3.05) is 26.8 Å². The Kier molecular flexibility index (Phi) is 5.75. The largest absolute Gasteiger partial charge is 0.379 e. The van der Waals surface area contributed by atoms with Gasteiger partial charge in [-0.1, -0.05) is 0 Å². The van der Waals surface area contributed by atoms with Gasteiger partial charge in [0.05, 0.1) is 19.1 Å². The van der Waals surface area contributed by atoms with Crippen molar-refractivity contribution >= 4 is 11.8 Å². The van der Waals surface area contributed by atoms with E-state index in [-0.39, 0.29) is 29.3 Å². The monoisotopic (exact) mass is 271 g/mol. The SMILES string of the molecule is CNC1COCC1C(=O)NCCC(=O)NC(C)(C)C. The van der Waals surface area contributed by atoms with E-state index in [0.29, 0.717) is 26.2 Å². The minimum Gasteiger partial charge on any atom is -0.379 e. The van der Waals surface area contributed by atoms with E-state index in [0.717, 1.165) is 0 Å². The molecule has 0 bridgehead atoms. The summed E-state index contributed by atoms with van der Waals surface area (Å²) < 4.78 is 5.27. The van der Waals surface area contributed by atoms with Crippen molar-refractivity contribution in [2.24, 2.45) is 5.92 Å². The van der Waals surface area contributed by atoms with Crippen molar-refractivity contribution in [3.05, 3.63) is 0 Å². The molecular formula is C13H25N3O3. The highest BCUT2D eigenvalue weighted by atomic mass is 16.5. The number of carbonyl (C=O) groups is 2. The van der Waals surface area contributed by atoms with Crippen LogP contribution in [0.25, 0.3) is 0 Å². The summed E-state index contributed by atoms with van der Waals surface area (Å²) in [6.45, 7) is 7.13. The molecule has 0 aromatic carbocycles. The lowest BCUT2D eigenvalue weighted by molar-refractivity contribution is -0.125. The molecule has 0 radical (unpaired) electrons. The molecule has 2 atom stereocenters. The summed E-state index contributed by atoms with van der Waals surface area (Å²) in [5.74, 6) is -0.281. The first-order valence-electron chi connectivity index (χ1n) is 6.67. The Hall–Kier alpha value is -1.14. The van der Waals surface area contributed by atoms with Gasteiger partial charge in [-0.15, -0.1) is 0 Å². The summed E-state index contributed by atoms with van der Waals surface area (Å²) in [6, 6.07) is 0.0587. The molecule has 0 aromatic rings. The molecule has 110 valence electrons. The summed E-state index contributed by atoms with van der Waals surface area (Å²) in [5, 5.41) is 8.70. The van der Waals surface area contributed by atoms with Crippen LogP contribution in [0.1, 0.15) is 27.2 Å². The van der Waals surface area contributed by atoms with E-state index in [1.807, 2.05) is 27.8 Å². The summed E-state index contributed by atoms with van der Waals surface area (Å²) in [6.07, 6.45) is 0.292. The van der Waals surface area contributed by atoms with Crippen LogP contribution in [0.4, 0.5) is 0 Å². The van der Waals surface area contributed by atoms with Gasteiger partial charge in [0.15, 0.2) is 0 Å². The van der Waals surface area contributed by atoms with Crippen molar-refractivity contribution in [2.45, 2.75) is 38.8 Å². The number of amides is 2. The molecule has 3 N–H and O–H groups in total. The second-order valence-electron chi connectivity index (χ2n) is 5.88. The Balaban J connectivity index is 2.25. The first-order chi connectivity index (χ1) is 8.83. The Morgan fingerprint density at radius 1 is 1.26 bits per heavy atom. The highest BCUT2D eigenvalue weighted by molar-refractivity contribution is 5.81. The van der Waals surface area contributed by atoms with Crippen molar-refractivity contribution in [3.63, 3.8) is 0 Å². The second kappa shape index (κ2) is 6.86. The Morgan fingerprint density at radius 3 is 2.53 bits per heavy atom. The molecule has 0 aliphatic carbocycles. The third-order valence-corrected chi connectivity index (χ3v) is 2.95. The maximum atomic E-state index is 11.9. The summed E-state index contributed by atoms with van der Waals surface area (Å²) in [7, 11) is 1.82. The van der Waals surface area contributed by atoms with Gasteiger partial charge in [0.2, 0.25) is 11.8 Å². The summed E-state index contributed by atoms with van der Waals surface area (Å²) >= 11 is 0. The van der Waals surface area contributed by atoms with E-state index in [9.17, 15) is 9.59 Å². The molecule has 1 aliphatic heterocycles. The number of rotatable bonds is 5. The van der Waals surface area contributed by atoms with Gasteiger partial charge in [-0.25, -0.2) is 0 Å². The summed E-state index contributed by atoms with van der Waals surface area (Å²) in [5.41, 5.74) is -0.238. The van der Waals surface area contributed by atoms with E-state index < -0.39 is 0 Å². The molecule has 0 aromatic heterocycles. The van der Waals surface area contributed by atoms with Crippen molar-refractivity contribution in [1.29, 1.82) is 0 Å². The van der Waals surface area contributed by atoms with E-state index in [4.69, 9.17) is 4.74 Å². The van der Waals surface area contributed by atoms with Crippen LogP contribution < -0.4 is 16.0 Å². The average molecular weight is 271 g/mol. The number of nitrogens with one attached hydrogen (secondary N) is 3. The maximum Gasteiger partial charge on any atom is 0.227 e. The Labute approximate surface area is 114 Å². The van der Waals surface area contributed by atoms with Crippen LogP contribution >= 0.6 is 0 Å². The smallest absolute Gasteiger partial charge is 0.227 e. The van der Waals surface area contributed by atoms with E-state index in [1.54, 1.807) is 0 Å². The number of hydrogen-bond acceptors (Lipinski definition) is 4. The summed E-state index contributed by atoms with van der Waals surface area (Å²) in [4.78, 5) is 23.5. The fourth-order valence-corrected chi connectivity index (χ4v) is 2.01. The fraction of sp³-hybridized carbons (Fsp3) is 0.846. The van der Waals surface area contributed by atoms with E-state index in [1.165, 1.54) is 0 Å². The van der Waals surface area contributed by atoms with Crippen LogP contribution in [0.5, 0.6) is 0 Å². The third kappa shape index (κ3) is 5.57. The molecule has 0 spiro atoms. The Bertz CT molecular complexity index is 326. The lowest BCUT2D eigenvalue weighted by Crippen LogP contribution is -2.45. The average Bonchev–Trinajstić information content (AvgIpc) is 2.74. The minimum atomic E-state index is -0.238. The molecule has 0 saturated carbocycles. The molecule has 19 heavy (non-hydrogen) atoms. The van der Waals surface area contributed by atoms with Crippen molar-refractivity contribution < 1.29 is 14.3 Å². The number of carbonyl (C=O) groups excluding carboxylic acids is 2. The van der Waals surface area contributed by atoms with Crippen LogP contribution in [0.15, 0.2) is 0 Å². The molecule has 6 heteroatoms. The highest BCUT2D eigenvalue weighted by Crippen LogP contribution is 2.13. The zero-order valence-electron chi connectivity index (χ0n) is 12.2. The second-order valence-corrected chi connectivity index (χ2v) is 5.88. The van der Waals surface area contributed by atoms with Gasteiger partial charge < -0.3 is 20.7 Å². The van der Waals surface area contributed by atoms with Gasteiger partial charge in [-0.3, -0.25) is 9.59 Å². The predicted octanol–water partition coefficient (Wildman–Crippen LogP) is -0.358. The van der Waals surface area contributed by atoms with Crippen molar-refractivity contribution in [1.82, 2.24) is 16.0 Å². The van der Waals surface area contributed by atoms with E-state index >= 15 is 0 Å². The number of ether oxygens (including phenoxy) is 1. The highest BCUT2D eigenvalue weighted by Gasteiger charge is 2.32. The lowest BCUT2D eigenvalue weighted by Gasteiger charge is -2.21. The topological polar surface area (TPSA) is 79.5 Å². The number of hydrogen-bond donors (Lipinski definition) is 3. The molecule has 1 saturated heterocycles. The molecule has 6 nitrogen and oxygen atoms in total. The Morgan fingerprint density at radius 2 is 1.95 bits per heavy atom. The lowest BCUT2D eigenvalue weighted by atomic mass is 10.0. The molecule has 1 heterocycles. The minimum absolute atomic E-state index is 0.0550. The normalized spacial score (nSPS) is 23.2. The molecule has 1 rings (SSSR count). The zero-order valence-corrected chi connectivity index (χ0v) is 12.2. The predicted molar refractivity (Wildman–Crippen MR) is 72.7 cm³/mol. The van der Waals surface area contributed by atoms with E-state index in [2.05, 4.69) is 16.0 Å². The van der Waals surface area contributed by atoms with Crippen LogP contribution in [-0.4, -0.2) is 50.2 Å². The van der Waals surface area contributed by atoms with Gasteiger partial charge >= 0.3 is 0 Å². The van der Waals surface area contributed by atoms with Gasteiger partial charge in [0.25, 0.3) is 0 Å². The molecule has 2 unspecified atom stereocenters. The van der Waals surface area contributed by atoms with Crippen LogP contribution in [0.3, 0.4) is 0 Å². The van der Waals surface area contributed by atoms with Crippen LogP contribution in [0.2, 0.25) is 0 Å². The van der Waals surface area contributed by atoms with Crippen molar-refractivity contribution in [3.8, 4) is 0 Å². The van der Waals surface area contributed by atoms with Gasteiger partial charge in [-0.05, 0) is 27.8 Å². The standard InChI is InChI=1S/C13H25N3O3/c1-13(2,3)16-11(17)5-6-15-12(18)9-7-19-8-10(9)14-4/h9-10,14H,5-8H2,1-4H3,(H,15,18)(H,16,17). The van der Waals surface area contributed by atoms with Gasteiger partial charge in [0, 0.05) is 24.5 Å². The zero-order chi connectivity index (χ0) is 14.5. The molecule has 1 fully saturated rings. The maximum absolute atomic E-state index is 11.9. The van der Waals surface area contributed by atoms with Gasteiger partial charge in [-0.2, -0.15) is 0 Å².